The fourth-order valence-electron chi connectivity index (χ4n) is 4.44. The average molecular weight is 519 g/mol. The van der Waals surface area contributed by atoms with Gasteiger partial charge < -0.3 is 19.7 Å². The number of unbranched alkanes of at least 4 members (excludes halogenated alkanes) is 4. The molecule has 0 aliphatic heterocycles. The largest absolute Gasteiger partial charge is 0.461 e. The number of ether oxygens (including phenoxy) is 2. The van der Waals surface area contributed by atoms with Gasteiger partial charge in [0.25, 0.3) is 0 Å². The molecule has 0 saturated heterocycles. The van der Waals surface area contributed by atoms with Crippen molar-refractivity contribution < 1.29 is 19.1 Å². The third kappa shape index (κ3) is 9.49. The molecule has 0 saturated carbocycles. The van der Waals surface area contributed by atoms with Crippen molar-refractivity contribution in [2.45, 2.75) is 71.5 Å². The van der Waals surface area contributed by atoms with E-state index in [2.05, 4.69) is 47.8 Å². The molecule has 38 heavy (non-hydrogen) atoms. The van der Waals surface area contributed by atoms with Crippen LogP contribution in [0.25, 0.3) is 10.8 Å². The predicted molar refractivity (Wildman–Crippen MR) is 155 cm³/mol. The molecule has 6 nitrogen and oxygen atoms in total. The number of nitrogens with zero attached hydrogens (tertiary/aromatic N) is 1. The summed E-state index contributed by atoms with van der Waals surface area (Å²) < 4.78 is 11.2. The third-order valence-corrected chi connectivity index (χ3v) is 6.50. The van der Waals surface area contributed by atoms with Gasteiger partial charge in [-0.2, -0.15) is 0 Å². The SMILES string of the molecule is CCCC(=O)OCc1ccc(N(C)C)c(NC(=O)CCCCCCCOCc2cccc3ccccc23)c1. The summed E-state index contributed by atoms with van der Waals surface area (Å²) in [5.41, 5.74) is 3.76. The Balaban J connectivity index is 1.32. The average Bonchev–Trinajstić information content (AvgIpc) is 2.91. The molecule has 3 aromatic carbocycles. The highest BCUT2D eigenvalue weighted by molar-refractivity contribution is 5.94. The van der Waals surface area contributed by atoms with Crippen LogP contribution >= 0.6 is 0 Å². The lowest BCUT2D eigenvalue weighted by molar-refractivity contribution is -0.145. The maximum atomic E-state index is 12.6. The van der Waals surface area contributed by atoms with Crippen LogP contribution in [0, 0.1) is 0 Å². The lowest BCUT2D eigenvalue weighted by Crippen LogP contribution is -2.17. The number of nitrogens with one attached hydrogen (secondary N) is 1. The quantitative estimate of drug-likeness (QED) is 0.160. The molecule has 0 aliphatic carbocycles. The van der Waals surface area contributed by atoms with Crippen LogP contribution in [-0.4, -0.2) is 32.6 Å². The number of rotatable bonds is 16. The van der Waals surface area contributed by atoms with E-state index in [1.807, 2.05) is 44.1 Å². The number of carbonyl (C=O) groups excluding carboxylic acids is 2. The van der Waals surface area contributed by atoms with Gasteiger partial charge in [-0.05, 0) is 53.3 Å². The summed E-state index contributed by atoms with van der Waals surface area (Å²) >= 11 is 0. The van der Waals surface area contributed by atoms with Crippen LogP contribution in [0.2, 0.25) is 0 Å². The smallest absolute Gasteiger partial charge is 0.306 e. The minimum Gasteiger partial charge on any atom is -0.461 e. The summed E-state index contributed by atoms with van der Waals surface area (Å²) in [5.74, 6) is -0.196. The number of fused-ring (bicyclic) bond motifs is 1. The number of benzene rings is 3. The van der Waals surface area contributed by atoms with Gasteiger partial charge in [-0.3, -0.25) is 9.59 Å². The maximum absolute atomic E-state index is 12.6. The summed E-state index contributed by atoms with van der Waals surface area (Å²) in [6.45, 7) is 3.55. The Hall–Kier alpha value is -3.38. The van der Waals surface area contributed by atoms with Crippen molar-refractivity contribution in [2.24, 2.45) is 0 Å². The molecule has 0 aromatic heterocycles. The number of amides is 1. The van der Waals surface area contributed by atoms with Gasteiger partial charge in [0.1, 0.15) is 6.61 Å². The number of hydrogen-bond acceptors (Lipinski definition) is 5. The Bertz CT molecular complexity index is 1170. The lowest BCUT2D eigenvalue weighted by atomic mass is 10.1. The standard InChI is InChI=1S/C32H42N2O4/c1-4-13-32(36)38-23-25-19-20-30(34(2)3)29(22-25)33-31(35)18-8-6-5-7-11-21-37-24-27-16-12-15-26-14-9-10-17-28(26)27/h9-10,12,14-17,19-20,22H,4-8,11,13,18,21,23-24H2,1-3H3,(H,33,35). The van der Waals surface area contributed by atoms with E-state index >= 15 is 0 Å². The van der Waals surface area contributed by atoms with E-state index in [1.54, 1.807) is 0 Å². The first-order chi connectivity index (χ1) is 18.5. The topological polar surface area (TPSA) is 67.9 Å². The molecule has 3 rings (SSSR count). The Morgan fingerprint density at radius 1 is 0.842 bits per heavy atom. The van der Waals surface area contributed by atoms with E-state index < -0.39 is 0 Å². The van der Waals surface area contributed by atoms with Gasteiger partial charge in [-0.15, -0.1) is 0 Å². The molecule has 1 N–H and O–H groups in total. The van der Waals surface area contributed by atoms with Crippen LogP contribution in [0.5, 0.6) is 0 Å². The normalized spacial score (nSPS) is 10.9. The first-order valence-corrected chi connectivity index (χ1v) is 13.8. The van der Waals surface area contributed by atoms with Gasteiger partial charge >= 0.3 is 5.97 Å². The Labute approximate surface area is 227 Å². The molecule has 0 spiro atoms. The second-order valence-electron chi connectivity index (χ2n) is 9.91. The molecule has 0 bridgehead atoms. The molecule has 204 valence electrons. The number of anilines is 2. The summed E-state index contributed by atoms with van der Waals surface area (Å²) in [6.07, 6.45) is 6.75. The van der Waals surface area contributed by atoms with Crippen LogP contribution in [0.4, 0.5) is 11.4 Å². The van der Waals surface area contributed by atoms with Crippen LogP contribution in [-0.2, 0) is 32.3 Å². The zero-order chi connectivity index (χ0) is 27.2. The van der Waals surface area contributed by atoms with Crippen molar-refractivity contribution >= 4 is 34.0 Å². The zero-order valence-corrected chi connectivity index (χ0v) is 23.1. The monoisotopic (exact) mass is 518 g/mol. The van der Waals surface area contributed by atoms with E-state index in [4.69, 9.17) is 9.47 Å². The molecule has 0 radical (unpaired) electrons. The van der Waals surface area contributed by atoms with Crippen molar-refractivity contribution in [3.05, 3.63) is 71.8 Å². The molecular formula is C32H42N2O4. The number of esters is 1. The van der Waals surface area contributed by atoms with Gasteiger partial charge in [0.05, 0.1) is 18.0 Å². The van der Waals surface area contributed by atoms with Gasteiger partial charge in [-0.1, -0.05) is 74.7 Å². The Morgan fingerprint density at radius 2 is 1.61 bits per heavy atom. The molecule has 3 aromatic rings. The minimum atomic E-state index is -0.203. The second-order valence-corrected chi connectivity index (χ2v) is 9.91. The van der Waals surface area contributed by atoms with Gasteiger partial charge in [0, 0.05) is 33.5 Å². The predicted octanol–water partition coefficient (Wildman–Crippen LogP) is 7.25. The van der Waals surface area contributed by atoms with Crippen LogP contribution in [0.15, 0.2) is 60.7 Å². The highest BCUT2D eigenvalue weighted by Gasteiger charge is 2.11. The second kappa shape index (κ2) is 15.8. The highest BCUT2D eigenvalue weighted by Crippen LogP contribution is 2.27. The summed E-state index contributed by atoms with van der Waals surface area (Å²) in [5, 5.41) is 5.55. The molecule has 0 aliphatic rings. The summed E-state index contributed by atoms with van der Waals surface area (Å²) in [4.78, 5) is 26.3. The molecule has 0 fully saturated rings. The third-order valence-electron chi connectivity index (χ3n) is 6.50. The molecule has 1 amide bonds. The molecule has 0 heterocycles. The van der Waals surface area contributed by atoms with Gasteiger partial charge in [-0.25, -0.2) is 0 Å². The van der Waals surface area contributed by atoms with E-state index in [0.29, 0.717) is 19.4 Å². The lowest BCUT2D eigenvalue weighted by Gasteiger charge is -2.19. The van der Waals surface area contributed by atoms with Crippen molar-refractivity contribution in [3.63, 3.8) is 0 Å². The fourth-order valence-corrected chi connectivity index (χ4v) is 4.44. The fraction of sp³-hybridized carbons (Fsp3) is 0.438. The maximum Gasteiger partial charge on any atom is 0.306 e. The van der Waals surface area contributed by atoms with E-state index in [0.717, 1.165) is 62.1 Å². The zero-order valence-electron chi connectivity index (χ0n) is 23.1. The summed E-state index contributed by atoms with van der Waals surface area (Å²) in [7, 11) is 3.88. The molecule has 0 atom stereocenters. The van der Waals surface area contributed by atoms with Crippen molar-refractivity contribution in [1.29, 1.82) is 0 Å². The Morgan fingerprint density at radius 3 is 2.42 bits per heavy atom. The van der Waals surface area contributed by atoms with Gasteiger partial charge in [0.15, 0.2) is 0 Å². The van der Waals surface area contributed by atoms with Crippen molar-refractivity contribution in [1.82, 2.24) is 0 Å². The van der Waals surface area contributed by atoms with E-state index in [-0.39, 0.29) is 18.5 Å². The van der Waals surface area contributed by atoms with E-state index in [9.17, 15) is 9.59 Å². The first-order valence-electron chi connectivity index (χ1n) is 13.8. The molecular weight excluding hydrogens is 476 g/mol. The highest BCUT2D eigenvalue weighted by atomic mass is 16.5. The first kappa shape index (κ1) is 29.2. The molecule has 0 unspecified atom stereocenters. The van der Waals surface area contributed by atoms with E-state index in [1.165, 1.54) is 16.3 Å². The van der Waals surface area contributed by atoms with Crippen LogP contribution < -0.4 is 10.2 Å². The summed E-state index contributed by atoms with van der Waals surface area (Å²) in [6, 6.07) is 20.5. The van der Waals surface area contributed by atoms with Gasteiger partial charge in [0.2, 0.25) is 5.91 Å². The van der Waals surface area contributed by atoms with Crippen molar-refractivity contribution in [3.8, 4) is 0 Å². The number of hydrogen-bond donors (Lipinski definition) is 1. The minimum absolute atomic E-state index is 0.00616. The van der Waals surface area contributed by atoms with Crippen LogP contribution in [0.1, 0.15) is 69.4 Å². The molecule has 6 heteroatoms. The Kier molecular flexibility index (Phi) is 12.1. The van der Waals surface area contributed by atoms with Crippen LogP contribution in [0.3, 0.4) is 0 Å². The van der Waals surface area contributed by atoms with Crippen molar-refractivity contribution in [2.75, 3.05) is 30.9 Å². The number of carbonyl (C=O) groups is 2.